The van der Waals surface area contributed by atoms with Gasteiger partial charge < -0.3 is 14.6 Å². The highest BCUT2D eigenvalue weighted by Crippen LogP contribution is 2.31. The Kier molecular flexibility index (Phi) is 5.04. The molecular formula is C16H17BrO3. The van der Waals surface area contributed by atoms with Gasteiger partial charge in [0.1, 0.15) is 17.6 Å². The molecule has 0 spiro atoms. The van der Waals surface area contributed by atoms with Crippen molar-refractivity contribution < 1.29 is 14.6 Å². The topological polar surface area (TPSA) is 38.7 Å². The maximum absolute atomic E-state index is 10.4. The highest BCUT2D eigenvalue weighted by atomic mass is 79.9. The first kappa shape index (κ1) is 14.9. The molecule has 0 aliphatic heterocycles. The summed E-state index contributed by atoms with van der Waals surface area (Å²) >= 11 is 3.46. The van der Waals surface area contributed by atoms with E-state index < -0.39 is 6.10 Å². The Hall–Kier alpha value is -1.52. The standard InChI is InChI=1S/C16H17BrO3/c1-3-20-15-9-6-12(10-14(15)17)16(18)11-4-7-13(19-2)8-5-11/h4-10,16,18H,3H2,1-2H3. The van der Waals surface area contributed by atoms with Crippen LogP contribution in [-0.4, -0.2) is 18.8 Å². The maximum Gasteiger partial charge on any atom is 0.133 e. The molecule has 0 bridgehead atoms. The zero-order valence-corrected chi connectivity index (χ0v) is 13.1. The van der Waals surface area contributed by atoms with Crippen molar-refractivity contribution in [1.82, 2.24) is 0 Å². The van der Waals surface area contributed by atoms with Crippen molar-refractivity contribution >= 4 is 15.9 Å². The minimum atomic E-state index is -0.673. The fourth-order valence-electron chi connectivity index (χ4n) is 1.94. The Morgan fingerprint density at radius 1 is 1.10 bits per heavy atom. The lowest BCUT2D eigenvalue weighted by atomic mass is 10.0. The van der Waals surface area contributed by atoms with Crippen molar-refractivity contribution in [2.75, 3.05) is 13.7 Å². The van der Waals surface area contributed by atoms with Crippen LogP contribution >= 0.6 is 15.9 Å². The van der Waals surface area contributed by atoms with E-state index in [4.69, 9.17) is 9.47 Å². The number of benzene rings is 2. The van der Waals surface area contributed by atoms with Crippen molar-refractivity contribution in [3.63, 3.8) is 0 Å². The largest absolute Gasteiger partial charge is 0.497 e. The molecule has 1 atom stereocenters. The molecule has 0 aliphatic carbocycles. The number of hydrogen-bond acceptors (Lipinski definition) is 3. The average molecular weight is 337 g/mol. The second kappa shape index (κ2) is 6.77. The molecule has 0 amide bonds. The van der Waals surface area contributed by atoms with E-state index in [9.17, 15) is 5.11 Å². The summed E-state index contributed by atoms with van der Waals surface area (Å²) in [5.41, 5.74) is 1.63. The third kappa shape index (κ3) is 3.32. The summed E-state index contributed by atoms with van der Waals surface area (Å²) < 4.78 is 11.4. The minimum Gasteiger partial charge on any atom is -0.497 e. The first-order chi connectivity index (χ1) is 9.65. The minimum absolute atomic E-state index is 0.610. The fraction of sp³-hybridized carbons (Fsp3) is 0.250. The SMILES string of the molecule is CCOc1ccc(C(O)c2ccc(OC)cc2)cc1Br. The van der Waals surface area contributed by atoms with Gasteiger partial charge in [0.05, 0.1) is 18.2 Å². The smallest absolute Gasteiger partial charge is 0.133 e. The van der Waals surface area contributed by atoms with Gasteiger partial charge in [-0.05, 0) is 58.2 Å². The third-order valence-corrected chi connectivity index (χ3v) is 3.62. The predicted octanol–water partition coefficient (Wildman–Crippen LogP) is 3.94. The molecule has 2 aromatic rings. The monoisotopic (exact) mass is 336 g/mol. The van der Waals surface area contributed by atoms with Gasteiger partial charge in [-0.1, -0.05) is 18.2 Å². The average Bonchev–Trinajstić information content (AvgIpc) is 2.49. The number of hydrogen-bond donors (Lipinski definition) is 1. The molecule has 1 unspecified atom stereocenters. The number of halogens is 1. The van der Waals surface area contributed by atoms with Crippen LogP contribution in [-0.2, 0) is 0 Å². The van der Waals surface area contributed by atoms with E-state index in [0.717, 1.165) is 27.1 Å². The van der Waals surface area contributed by atoms with E-state index in [1.165, 1.54) is 0 Å². The molecule has 1 N–H and O–H groups in total. The highest BCUT2D eigenvalue weighted by Gasteiger charge is 2.12. The van der Waals surface area contributed by atoms with Crippen LogP contribution in [0.4, 0.5) is 0 Å². The van der Waals surface area contributed by atoms with Crippen molar-refractivity contribution in [1.29, 1.82) is 0 Å². The van der Waals surface area contributed by atoms with E-state index in [2.05, 4.69) is 15.9 Å². The predicted molar refractivity (Wildman–Crippen MR) is 82.4 cm³/mol. The van der Waals surface area contributed by atoms with Crippen LogP contribution in [0, 0.1) is 0 Å². The molecule has 0 saturated carbocycles. The zero-order chi connectivity index (χ0) is 14.5. The molecule has 0 fully saturated rings. The number of aliphatic hydroxyl groups is 1. The van der Waals surface area contributed by atoms with Gasteiger partial charge in [0.2, 0.25) is 0 Å². The van der Waals surface area contributed by atoms with E-state index in [-0.39, 0.29) is 0 Å². The molecule has 106 valence electrons. The Balaban J connectivity index is 2.23. The fourth-order valence-corrected chi connectivity index (χ4v) is 2.45. The molecule has 0 saturated heterocycles. The van der Waals surface area contributed by atoms with Crippen molar-refractivity contribution in [3.05, 3.63) is 58.1 Å². The normalized spacial score (nSPS) is 12.0. The lowest BCUT2D eigenvalue weighted by Gasteiger charge is -2.14. The summed E-state index contributed by atoms with van der Waals surface area (Å²) in [6, 6.07) is 13.0. The zero-order valence-electron chi connectivity index (χ0n) is 11.5. The van der Waals surface area contributed by atoms with Crippen LogP contribution in [0.1, 0.15) is 24.2 Å². The van der Waals surface area contributed by atoms with Crippen LogP contribution < -0.4 is 9.47 Å². The molecule has 0 radical (unpaired) electrons. The molecule has 4 heteroatoms. The first-order valence-electron chi connectivity index (χ1n) is 6.40. The second-order valence-electron chi connectivity index (χ2n) is 4.30. The Morgan fingerprint density at radius 2 is 1.75 bits per heavy atom. The first-order valence-corrected chi connectivity index (χ1v) is 7.19. The molecular weight excluding hydrogens is 320 g/mol. The van der Waals surface area contributed by atoms with Crippen LogP contribution in [0.25, 0.3) is 0 Å². The lowest BCUT2D eigenvalue weighted by molar-refractivity contribution is 0.220. The van der Waals surface area contributed by atoms with Gasteiger partial charge >= 0.3 is 0 Å². The van der Waals surface area contributed by atoms with E-state index in [0.29, 0.717) is 6.61 Å². The summed E-state index contributed by atoms with van der Waals surface area (Å²) in [7, 11) is 1.62. The van der Waals surface area contributed by atoms with Gasteiger partial charge in [-0.2, -0.15) is 0 Å². The van der Waals surface area contributed by atoms with Gasteiger partial charge in [0.25, 0.3) is 0 Å². The van der Waals surface area contributed by atoms with Crippen LogP contribution in [0.15, 0.2) is 46.9 Å². The Morgan fingerprint density at radius 3 is 2.30 bits per heavy atom. The van der Waals surface area contributed by atoms with E-state index >= 15 is 0 Å². The van der Waals surface area contributed by atoms with Gasteiger partial charge in [-0.3, -0.25) is 0 Å². The van der Waals surface area contributed by atoms with Crippen molar-refractivity contribution in [3.8, 4) is 11.5 Å². The Labute approximate surface area is 127 Å². The molecule has 3 nitrogen and oxygen atoms in total. The summed E-state index contributed by atoms with van der Waals surface area (Å²) in [6.07, 6.45) is -0.673. The third-order valence-electron chi connectivity index (χ3n) is 3.00. The molecule has 0 aliphatic rings. The number of rotatable bonds is 5. The van der Waals surface area contributed by atoms with Crippen molar-refractivity contribution in [2.45, 2.75) is 13.0 Å². The summed E-state index contributed by atoms with van der Waals surface area (Å²) in [5.74, 6) is 1.55. The van der Waals surface area contributed by atoms with E-state index in [1.54, 1.807) is 7.11 Å². The van der Waals surface area contributed by atoms with Crippen molar-refractivity contribution in [2.24, 2.45) is 0 Å². The van der Waals surface area contributed by atoms with Crippen LogP contribution in [0.2, 0.25) is 0 Å². The number of methoxy groups -OCH3 is 1. The molecule has 2 aromatic carbocycles. The van der Waals surface area contributed by atoms with Gasteiger partial charge in [0.15, 0.2) is 0 Å². The van der Waals surface area contributed by atoms with Crippen LogP contribution in [0.3, 0.4) is 0 Å². The maximum atomic E-state index is 10.4. The summed E-state index contributed by atoms with van der Waals surface area (Å²) in [6.45, 7) is 2.55. The summed E-state index contributed by atoms with van der Waals surface area (Å²) in [4.78, 5) is 0. The Bertz CT molecular complexity index is 566. The van der Waals surface area contributed by atoms with Gasteiger partial charge in [0, 0.05) is 0 Å². The molecule has 2 rings (SSSR count). The number of aliphatic hydroxyl groups excluding tert-OH is 1. The molecule has 0 aromatic heterocycles. The lowest BCUT2D eigenvalue weighted by Crippen LogP contribution is -2.00. The molecule has 20 heavy (non-hydrogen) atoms. The number of ether oxygens (including phenoxy) is 2. The van der Waals surface area contributed by atoms with E-state index in [1.807, 2.05) is 49.4 Å². The summed E-state index contributed by atoms with van der Waals surface area (Å²) in [5, 5.41) is 10.4. The molecule has 0 heterocycles. The highest BCUT2D eigenvalue weighted by molar-refractivity contribution is 9.10. The van der Waals surface area contributed by atoms with Gasteiger partial charge in [-0.15, -0.1) is 0 Å². The van der Waals surface area contributed by atoms with Gasteiger partial charge in [-0.25, -0.2) is 0 Å². The quantitative estimate of drug-likeness (QED) is 0.898. The van der Waals surface area contributed by atoms with Crippen LogP contribution in [0.5, 0.6) is 11.5 Å². The second-order valence-corrected chi connectivity index (χ2v) is 5.15.